The molecule has 2 heterocycles. The largest absolute Gasteiger partial charge is 0.481 e. The number of hydrogen-bond acceptors (Lipinski definition) is 5. The van der Waals surface area contributed by atoms with Gasteiger partial charge in [-0.25, -0.2) is 0 Å². The Morgan fingerprint density at radius 3 is 2.63 bits per heavy atom. The third-order valence-electron chi connectivity index (χ3n) is 5.01. The zero-order chi connectivity index (χ0) is 21.1. The second kappa shape index (κ2) is 8.59. The van der Waals surface area contributed by atoms with Crippen molar-refractivity contribution in [1.82, 2.24) is 4.90 Å². The molecular weight excluding hydrogens is 384 g/mol. The summed E-state index contributed by atoms with van der Waals surface area (Å²) < 4.78 is 16.9. The molecule has 0 bridgehead atoms. The molecule has 1 aliphatic heterocycles. The van der Waals surface area contributed by atoms with Crippen molar-refractivity contribution in [3.05, 3.63) is 59.9 Å². The standard InChI is InChI=1S/C23H24N2O5/c1-15-6-5-7-17(14-15)29-16(2)22(26)24-20-18-8-3-4-9-19(18)30-21(20)23(27)25-10-12-28-13-11-25/h3-9,14,16H,10-13H2,1-2H3,(H,24,26)/t16-/m1/s1. The summed E-state index contributed by atoms with van der Waals surface area (Å²) in [6, 6.07) is 14.7. The van der Waals surface area contributed by atoms with Gasteiger partial charge in [0.15, 0.2) is 6.10 Å². The topological polar surface area (TPSA) is 81.0 Å². The minimum absolute atomic E-state index is 0.120. The zero-order valence-electron chi connectivity index (χ0n) is 17.0. The molecule has 1 aliphatic rings. The molecule has 0 saturated carbocycles. The molecule has 4 rings (SSSR count). The van der Waals surface area contributed by atoms with Crippen LogP contribution in [0.25, 0.3) is 11.0 Å². The van der Waals surface area contributed by atoms with Gasteiger partial charge in [-0.05, 0) is 43.7 Å². The molecule has 0 aliphatic carbocycles. The fourth-order valence-corrected chi connectivity index (χ4v) is 3.40. The predicted molar refractivity (Wildman–Crippen MR) is 113 cm³/mol. The maximum Gasteiger partial charge on any atom is 0.291 e. The number of carbonyl (C=O) groups excluding carboxylic acids is 2. The number of furan rings is 1. The molecule has 2 aromatic carbocycles. The Morgan fingerprint density at radius 2 is 1.87 bits per heavy atom. The molecule has 1 atom stereocenters. The number of rotatable bonds is 5. The predicted octanol–water partition coefficient (Wildman–Crippen LogP) is 3.62. The van der Waals surface area contributed by atoms with Gasteiger partial charge >= 0.3 is 0 Å². The van der Waals surface area contributed by atoms with Crippen LogP contribution < -0.4 is 10.1 Å². The van der Waals surface area contributed by atoms with E-state index in [1.807, 2.05) is 43.3 Å². The van der Waals surface area contributed by atoms with Crippen LogP contribution in [0.3, 0.4) is 0 Å². The van der Waals surface area contributed by atoms with Crippen LogP contribution in [0.4, 0.5) is 5.69 Å². The van der Waals surface area contributed by atoms with E-state index in [4.69, 9.17) is 13.9 Å². The molecule has 7 heteroatoms. The van der Waals surface area contributed by atoms with Crippen molar-refractivity contribution >= 4 is 28.5 Å². The van der Waals surface area contributed by atoms with Gasteiger partial charge in [-0.3, -0.25) is 9.59 Å². The lowest BCUT2D eigenvalue weighted by Gasteiger charge is -2.26. The second-order valence-electron chi connectivity index (χ2n) is 7.27. The molecule has 7 nitrogen and oxygen atoms in total. The van der Waals surface area contributed by atoms with Crippen LogP contribution in [0.15, 0.2) is 52.9 Å². The lowest BCUT2D eigenvalue weighted by atomic mass is 10.2. The van der Waals surface area contributed by atoms with Crippen LogP contribution in [0.2, 0.25) is 0 Å². The van der Waals surface area contributed by atoms with Gasteiger partial charge in [0.1, 0.15) is 17.0 Å². The van der Waals surface area contributed by atoms with Crippen LogP contribution in [-0.4, -0.2) is 49.1 Å². The Morgan fingerprint density at radius 1 is 1.10 bits per heavy atom. The number of nitrogens with zero attached hydrogens (tertiary/aromatic N) is 1. The number of carbonyl (C=O) groups is 2. The summed E-state index contributed by atoms with van der Waals surface area (Å²) in [7, 11) is 0. The monoisotopic (exact) mass is 408 g/mol. The fourth-order valence-electron chi connectivity index (χ4n) is 3.40. The van der Waals surface area contributed by atoms with Gasteiger partial charge in [-0.15, -0.1) is 0 Å². The number of para-hydroxylation sites is 1. The molecule has 1 N–H and O–H groups in total. The number of nitrogens with one attached hydrogen (secondary N) is 1. The molecule has 0 radical (unpaired) electrons. The van der Waals surface area contributed by atoms with E-state index in [1.54, 1.807) is 24.0 Å². The van der Waals surface area contributed by atoms with Crippen LogP contribution >= 0.6 is 0 Å². The van der Waals surface area contributed by atoms with Crippen LogP contribution in [0.1, 0.15) is 23.0 Å². The number of ether oxygens (including phenoxy) is 2. The first-order valence-corrected chi connectivity index (χ1v) is 9.95. The quantitative estimate of drug-likeness (QED) is 0.697. The van der Waals surface area contributed by atoms with E-state index >= 15 is 0 Å². The maximum absolute atomic E-state index is 13.1. The summed E-state index contributed by atoms with van der Waals surface area (Å²) in [4.78, 5) is 27.6. The maximum atomic E-state index is 13.1. The zero-order valence-corrected chi connectivity index (χ0v) is 17.0. The first-order valence-electron chi connectivity index (χ1n) is 9.95. The summed E-state index contributed by atoms with van der Waals surface area (Å²) in [6.07, 6.45) is -0.758. The molecule has 1 fully saturated rings. The lowest BCUT2D eigenvalue weighted by molar-refractivity contribution is -0.122. The summed E-state index contributed by atoms with van der Waals surface area (Å²) in [5.74, 6) is 0.102. The Kier molecular flexibility index (Phi) is 5.72. The van der Waals surface area contributed by atoms with Gasteiger partial charge in [0.05, 0.1) is 13.2 Å². The summed E-state index contributed by atoms with van der Waals surface area (Å²) in [5, 5.41) is 3.52. The number of fused-ring (bicyclic) bond motifs is 1. The molecule has 3 aromatic rings. The number of morpholine rings is 1. The number of benzene rings is 2. The van der Waals surface area contributed by atoms with Gasteiger partial charge < -0.3 is 24.1 Å². The highest BCUT2D eigenvalue weighted by Crippen LogP contribution is 2.32. The first-order chi connectivity index (χ1) is 14.5. The van der Waals surface area contributed by atoms with Crippen molar-refractivity contribution in [2.45, 2.75) is 20.0 Å². The van der Waals surface area contributed by atoms with Crippen LogP contribution in [0.5, 0.6) is 5.75 Å². The van der Waals surface area contributed by atoms with Gasteiger partial charge in [0.25, 0.3) is 11.8 Å². The molecule has 1 saturated heterocycles. The number of amides is 2. The van der Waals surface area contributed by atoms with Crippen molar-refractivity contribution in [3.8, 4) is 5.75 Å². The Hall–Kier alpha value is -3.32. The summed E-state index contributed by atoms with van der Waals surface area (Å²) in [5.41, 5.74) is 1.95. The molecule has 30 heavy (non-hydrogen) atoms. The Labute approximate surface area is 174 Å². The van der Waals surface area contributed by atoms with Crippen molar-refractivity contribution < 1.29 is 23.5 Å². The van der Waals surface area contributed by atoms with Crippen molar-refractivity contribution in [1.29, 1.82) is 0 Å². The Balaban J connectivity index is 1.59. The average molecular weight is 408 g/mol. The molecule has 0 spiro atoms. The highest BCUT2D eigenvalue weighted by Gasteiger charge is 2.28. The molecule has 156 valence electrons. The van der Waals surface area contributed by atoms with Gasteiger partial charge in [-0.2, -0.15) is 0 Å². The molecule has 2 amide bonds. The average Bonchev–Trinajstić information content (AvgIpc) is 3.12. The number of anilines is 1. The minimum atomic E-state index is -0.758. The highest BCUT2D eigenvalue weighted by molar-refractivity contribution is 6.11. The van der Waals surface area contributed by atoms with E-state index in [-0.39, 0.29) is 17.6 Å². The van der Waals surface area contributed by atoms with E-state index in [0.29, 0.717) is 48.7 Å². The van der Waals surface area contributed by atoms with E-state index < -0.39 is 6.10 Å². The second-order valence-corrected chi connectivity index (χ2v) is 7.27. The normalized spacial score (nSPS) is 15.1. The van der Waals surface area contributed by atoms with E-state index in [2.05, 4.69) is 5.32 Å². The minimum Gasteiger partial charge on any atom is -0.481 e. The Bertz CT molecular complexity index is 1070. The third-order valence-corrected chi connectivity index (χ3v) is 5.01. The van der Waals surface area contributed by atoms with Crippen LogP contribution in [0, 0.1) is 6.92 Å². The van der Waals surface area contributed by atoms with Crippen molar-refractivity contribution in [2.24, 2.45) is 0 Å². The van der Waals surface area contributed by atoms with Crippen molar-refractivity contribution in [2.75, 3.05) is 31.6 Å². The van der Waals surface area contributed by atoms with Crippen LogP contribution in [-0.2, 0) is 9.53 Å². The molecular formula is C23H24N2O5. The fraction of sp³-hybridized carbons (Fsp3) is 0.304. The summed E-state index contributed by atoms with van der Waals surface area (Å²) in [6.45, 7) is 5.55. The van der Waals surface area contributed by atoms with Gasteiger partial charge in [-0.1, -0.05) is 24.3 Å². The third kappa shape index (κ3) is 4.16. The first kappa shape index (κ1) is 20.0. The van der Waals surface area contributed by atoms with Crippen molar-refractivity contribution in [3.63, 3.8) is 0 Å². The van der Waals surface area contributed by atoms with E-state index in [9.17, 15) is 9.59 Å². The SMILES string of the molecule is Cc1cccc(O[C@H](C)C(=O)Nc2c(C(=O)N3CCOCC3)oc3ccccc23)c1. The lowest BCUT2D eigenvalue weighted by Crippen LogP contribution is -2.41. The molecule has 0 unspecified atom stereocenters. The van der Waals surface area contributed by atoms with Gasteiger partial charge in [0, 0.05) is 18.5 Å². The van der Waals surface area contributed by atoms with E-state index in [1.165, 1.54) is 0 Å². The summed E-state index contributed by atoms with van der Waals surface area (Å²) >= 11 is 0. The van der Waals surface area contributed by atoms with E-state index in [0.717, 1.165) is 5.56 Å². The number of aryl methyl sites for hydroxylation is 1. The van der Waals surface area contributed by atoms with Gasteiger partial charge in [0.2, 0.25) is 5.76 Å². The molecule has 1 aromatic heterocycles. The number of hydrogen-bond donors (Lipinski definition) is 1. The highest BCUT2D eigenvalue weighted by atomic mass is 16.5. The smallest absolute Gasteiger partial charge is 0.291 e.